The van der Waals surface area contributed by atoms with E-state index in [1.165, 1.54) is 12.1 Å². The number of benzene rings is 1. The van der Waals surface area contributed by atoms with Gasteiger partial charge in [-0.2, -0.15) is 10.1 Å². The highest BCUT2D eigenvalue weighted by Crippen LogP contribution is 2.38. The maximum atomic E-state index is 13.1. The number of halogens is 1. The van der Waals surface area contributed by atoms with E-state index in [-0.39, 0.29) is 5.82 Å². The number of aryl methyl sites for hydroxylation is 1. The summed E-state index contributed by atoms with van der Waals surface area (Å²) in [5, 5.41) is 11.7. The van der Waals surface area contributed by atoms with Crippen molar-refractivity contribution < 1.29 is 8.91 Å². The number of nitrogens with one attached hydrogen (secondary N) is 1. The van der Waals surface area contributed by atoms with E-state index in [2.05, 4.69) is 20.6 Å². The van der Waals surface area contributed by atoms with Crippen LogP contribution >= 0.6 is 0 Å². The lowest BCUT2D eigenvalue weighted by atomic mass is 10.2. The Balaban J connectivity index is 1.53. The number of aromatic nitrogens is 4. The van der Waals surface area contributed by atoms with Crippen molar-refractivity contribution in [2.24, 2.45) is 0 Å². The van der Waals surface area contributed by atoms with E-state index < -0.39 is 0 Å². The van der Waals surface area contributed by atoms with Crippen LogP contribution in [-0.4, -0.2) is 19.9 Å². The SMILES string of the molecule is Cc1nn(-c2ccc(F)cc2)c(C)c1CNc1nc(C2CC2)no1. The van der Waals surface area contributed by atoms with Gasteiger partial charge in [0.05, 0.1) is 11.4 Å². The molecule has 0 bridgehead atoms. The van der Waals surface area contributed by atoms with Crippen LogP contribution in [0.25, 0.3) is 5.69 Å². The summed E-state index contributed by atoms with van der Waals surface area (Å²) in [5.41, 5.74) is 3.79. The molecule has 4 rings (SSSR count). The molecule has 0 aliphatic heterocycles. The summed E-state index contributed by atoms with van der Waals surface area (Å²) in [4.78, 5) is 4.36. The van der Waals surface area contributed by atoms with Gasteiger partial charge in [-0.3, -0.25) is 0 Å². The first kappa shape index (κ1) is 14.9. The maximum Gasteiger partial charge on any atom is 0.321 e. The molecule has 0 radical (unpaired) electrons. The fourth-order valence-corrected chi connectivity index (χ4v) is 2.74. The van der Waals surface area contributed by atoms with Crippen LogP contribution in [-0.2, 0) is 6.54 Å². The minimum atomic E-state index is -0.259. The van der Waals surface area contributed by atoms with Gasteiger partial charge in [0.15, 0.2) is 5.82 Å². The second-order valence-electron chi connectivity index (χ2n) is 6.12. The quantitative estimate of drug-likeness (QED) is 0.777. The highest BCUT2D eigenvalue weighted by molar-refractivity contribution is 5.38. The fraction of sp³-hybridized carbons (Fsp3) is 0.353. The van der Waals surface area contributed by atoms with Crippen molar-refractivity contribution in [1.29, 1.82) is 0 Å². The normalized spacial score (nSPS) is 14.1. The molecule has 0 unspecified atom stereocenters. The van der Waals surface area contributed by atoms with E-state index in [0.29, 0.717) is 18.5 Å². The van der Waals surface area contributed by atoms with Gasteiger partial charge in [0.25, 0.3) is 0 Å². The van der Waals surface area contributed by atoms with Crippen LogP contribution in [0.15, 0.2) is 28.8 Å². The topological polar surface area (TPSA) is 68.8 Å². The highest BCUT2D eigenvalue weighted by atomic mass is 19.1. The predicted molar refractivity (Wildman–Crippen MR) is 86.6 cm³/mol. The van der Waals surface area contributed by atoms with Crippen molar-refractivity contribution in [3.8, 4) is 5.69 Å². The lowest BCUT2D eigenvalue weighted by molar-refractivity contribution is 0.422. The zero-order chi connectivity index (χ0) is 16.7. The smallest absolute Gasteiger partial charge is 0.321 e. The number of nitrogens with zero attached hydrogens (tertiary/aromatic N) is 4. The van der Waals surface area contributed by atoms with Crippen molar-refractivity contribution in [1.82, 2.24) is 19.9 Å². The van der Waals surface area contributed by atoms with Crippen LogP contribution in [0, 0.1) is 19.7 Å². The third kappa shape index (κ3) is 2.77. The Bertz CT molecular complexity index is 864. The van der Waals surface area contributed by atoms with E-state index in [0.717, 1.165) is 41.3 Å². The Labute approximate surface area is 138 Å². The molecule has 0 amide bonds. The van der Waals surface area contributed by atoms with Crippen LogP contribution < -0.4 is 5.32 Å². The molecule has 2 aromatic heterocycles. The summed E-state index contributed by atoms with van der Waals surface area (Å²) in [6.45, 7) is 4.49. The molecule has 2 heterocycles. The lowest BCUT2D eigenvalue weighted by Crippen LogP contribution is -2.03. The molecular weight excluding hydrogens is 309 g/mol. The van der Waals surface area contributed by atoms with Gasteiger partial charge in [0.2, 0.25) is 0 Å². The van der Waals surface area contributed by atoms with Gasteiger partial charge in [-0.25, -0.2) is 9.07 Å². The monoisotopic (exact) mass is 327 g/mol. The molecule has 1 N–H and O–H groups in total. The Hall–Kier alpha value is -2.70. The third-order valence-corrected chi connectivity index (χ3v) is 4.31. The van der Waals surface area contributed by atoms with Crippen LogP contribution in [0.1, 0.15) is 41.5 Å². The number of hydrogen-bond acceptors (Lipinski definition) is 5. The summed E-state index contributed by atoms with van der Waals surface area (Å²) < 4.78 is 20.1. The molecule has 3 aromatic rings. The van der Waals surface area contributed by atoms with Gasteiger partial charge >= 0.3 is 6.01 Å². The van der Waals surface area contributed by atoms with Crippen molar-refractivity contribution >= 4 is 6.01 Å². The molecule has 1 aromatic carbocycles. The molecule has 7 heteroatoms. The summed E-state index contributed by atoms with van der Waals surface area (Å²) in [5.74, 6) is 0.993. The predicted octanol–water partition coefficient (Wildman–Crippen LogP) is 3.50. The van der Waals surface area contributed by atoms with Gasteiger partial charge in [0.1, 0.15) is 5.82 Å². The summed E-state index contributed by atoms with van der Waals surface area (Å²) in [6, 6.07) is 6.73. The largest absolute Gasteiger partial charge is 0.334 e. The minimum Gasteiger partial charge on any atom is -0.334 e. The molecule has 0 spiro atoms. The minimum absolute atomic E-state index is 0.259. The summed E-state index contributed by atoms with van der Waals surface area (Å²) in [6.07, 6.45) is 2.28. The Morgan fingerprint density at radius 1 is 1.25 bits per heavy atom. The van der Waals surface area contributed by atoms with Crippen LogP contribution in [0.4, 0.5) is 10.4 Å². The number of anilines is 1. The average Bonchev–Trinajstić information content (AvgIpc) is 3.25. The molecule has 1 aliphatic carbocycles. The maximum absolute atomic E-state index is 13.1. The standard InChI is InChI=1S/C17H18FN5O/c1-10-15(9-19-17-20-16(22-24-17)12-3-4-12)11(2)23(21-10)14-7-5-13(18)6-8-14/h5-8,12H,3-4,9H2,1-2H3,(H,19,20,22). The van der Waals surface area contributed by atoms with Crippen molar-refractivity contribution in [2.45, 2.75) is 39.2 Å². The van der Waals surface area contributed by atoms with Gasteiger partial charge in [-0.1, -0.05) is 5.16 Å². The first-order valence-electron chi connectivity index (χ1n) is 8.00. The highest BCUT2D eigenvalue weighted by Gasteiger charge is 2.28. The second-order valence-corrected chi connectivity index (χ2v) is 6.12. The zero-order valence-electron chi connectivity index (χ0n) is 13.6. The lowest BCUT2D eigenvalue weighted by Gasteiger charge is -2.05. The second kappa shape index (κ2) is 5.74. The van der Waals surface area contributed by atoms with Crippen molar-refractivity contribution in [2.75, 3.05) is 5.32 Å². The first-order valence-corrected chi connectivity index (χ1v) is 8.00. The Kier molecular flexibility index (Phi) is 3.55. The van der Waals surface area contributed by atoms with E-state index in [9.17, 15) is 4.39 Å². The molecule has 0 atom stereocenters. The van der Waals surface area contributed by atoms with Gasteiger partial charge in [-0.05, 0) is 51.0 Å². The molecule has 24 heavy (non-hydrogen) atoms. The van der Waals surface area contributed by atoms with Crippen LogP contribution in [0.3, 0.4) is 0 Å². The van der Waals surface area contributed by atoms with E-state index in [1.807, 2.05) is 18.5 Å². The van der Waals surface area contributed by atoms with E-state index in [1.54, 1.807) is 12.1 Å². The van der Waals surface area contributed by atoms with Gasteiger partial charge < -0.3 is 9.84 Å². The fourth-order valence-electron chi connectivity index (χ4n) is 2.74. The Morgan fingerprint density at radius 3 is 2.71 bits per heavy atom. The number of hydrogen-bond donors (Lipinski definition) is 1. The van der Waals surface area contributed by atoms with Crippen molar-refractivity contribution in [3.05, 3.63) is 52.9 Å². The average molecular weight is 327 g/mol. The van der Waals surface area contributed by atoms with Crippen LogP contribution in [0.5, 0.6) is 0 Å². The summed E-state index contributed by atoms with van der Waals surface area (Å²) in [7, 11) is 0. The van der Waals surface area contributed by atoms with Gasteiger partial charge in [-0.15, -0.1) is 0 Å². The summed E-state index contributed by atoms with van der Waals surface area (Å²) >= 11 is 0. The van der Waals surface area contributed by atoms with Crippen molar-refractivity contribution in [3.63, 3.8) is 0 Å². The first-order chi connectivity index (χ1) is 11.6. The molecule has 0 saturated heterocycles. The van der Waals surface area contributed by atoms with Crippen LogP contribution in [0.2, 0.25) is 0 Å². The van der Waals surface area contributed by atoms with E-state index >= 15 is 0 Å². The zero-order valence-corrected chi connectivity index (χ0v) is 13.6. The number of rotatable bonds is 5. The van der Waals surface area contributed by atoms with Gasteiger partial charge in [0, 0.05) is 23.7 Å². The molecule has 124 valence electrons. The molecule has 6 nitrogen and oxygen atoms in total. The third-order valence-electron chi connectivity index (χ3n) is 4.31. The molecule has 1 saturated carbocycles. The molecule has 1 fully saturated rings. The molecule has 1 aliphatic rings. The Morgan fingerprint density at radius 2 is 2.00 bits per heavy atom. The molecular formula is C17H18FN5O. The van der Waals surface area contributed by atoms with E-state index in [4.69, 9.17) is 4.52 Å².